The van der Waals surface area contributed by atoms with Crippen LogP contribution in [-0.2, 0) is 20.8 Å². The second-order valence-corrected chi connectivity index (χ2v) is 10.9. The highest BCUT2D eigenvalue weighted by Gasteiger charge is 2.64. The number of rotatable bonds is 7. The third kappa shape index (κ3) is 3.86. The fraction of sp³-hybridized carbons (Fsp3) is 0.519. The Balaban J connectivity index is 2.04. The first-order valence-electron chi connectivity index (χ1n) is 13.1. The molecule has 0 spiro atoms. The van der Waals surface area contributed by atoms with Crippen molar-refractivity contribution in [3.05, 3.63) is 44.2 Å². The molecule has 216 valence electrons. The molecule has 1 saturated carbocycles. The Morgan fingerprint density at radius 3 is 2.38 bits per heavy atom. The van der Waals surface area contributed by atoms with Gasteiger partial charge >= 0.3 is 5.69 Å². The third-order valence-corrected chi connectivity index (χ3v) is 8.65. The van der Waals surface area contributed by atoms with Crippen LogP contribution in [0.3, 0.4) is 0 Å². The van der Waals surface area contributed by atoms with Crippen molar-refractivity contribution in [3.63, 3.8) is 0 Å². The zero-order valence-electron chi connectivity index (χ0n) is 23.0. The molecule has 5 atom stereocenters. The first kappa shape index (κ1) is 29.0. The first-order valence-corrected chi connectivity index (χ1v) is 13.1. The van der Waals surface area contributed by atoms with Crippen molar-refractivity contribution in [2.45, 2.75) is 57.7 Å². The molecule has 1 aromatic carbocycles. The average molecular weight is 559 g/mol. The number of nitro groups is 1. The molecule has 0 saturated heterocycles. The smallest absolute Gasteiger partial charge is 0.313 e. The van der Waals surface area contributed by atoms with Gasteiger partial charge in [0.15, 0.2) is 11.4 Å². The summed E-state index contributed by atoms with van der Waals surface area (Å²) in [7, 11) is 3.04. The molecule has 3 aliphatic carbocycles. The van der Waals surface area contributed by atoms with Crippen LogP contribution in [0.1, 0.15) is 44.7 Å². The molecule has 0 heterocycles. The molecule has 13 nitrogen and oxygen atoms in total. The Kier molecular flexibility index (Phi) is 7.18. The normalized spacial score (nSPS) is 26.8. The predicted molar refractivity (Wildman–Crippen MR) is 144 cm³/mol. The number of primary amides is 1. The monoisotopic (exact) mass is 558 g/mol. The standard InChI is InChI=1S/C27H34N4O9/c1-6-11(3)30(7-2)15-10-16(31(39)40)21(32)18-13(15)8-12-9-14-20(29(4)5)23(34)19(26(28)37)25(36)27(14,38)24(35)17(12)22(18)33/h10-12,14,20,32-33,36,38H,6-9H2,1-5H3,(H2,28,37)/t11?,12?,14?,20-,27-/m0/s1. The first-order chi connectivity index (χ1) is 18.6. The van der Waals surface area contributed by atoms with E-state index in [2.05, 4.69) is 0 Å². The number of anilines is 1. The lowest BCUT2D eigenvalue weighted by molar-refractivity contribution is -0.385. The van der Waals surface area contributed by atoms with Gasteiger partial charge in [0.25, 0.3) is 5.91 Å². The fourth-order valence-electron chi connectivity index (χ4n) is 6.61. The van der Waals surface area contributed by atoms with Gasteiger partial charge in [-0.3, -0.25) is 29.4 Å². The van der Waals surface area contributed by atoms with Gasteiger partial charge in [-0.15, -0.1) is 0 Å². The number of ketones is 2. The number of phenols is 1. The summed E-state index contributed by atoms with van der Waals surface area (Å²) < 4.78 is 0. The van der Waals surface area contributed by atoms with Gasteiger partial charge in [-0.25, -0.2) is 0 Å². The lowest BCUT2D eigenvalue weighted by Gasteiger charge is -2.50. The zero-order valence-corrected chi connectivity index (χ0v) is 23.0. The summed E-state index contributed by atoms with van der Waals surface area (Å²) in [6, 6.07) is -0.00883. The Morgan fingerprint density at radius 1 is 1.25 bits per heavy atom. The van der Waals surface area contributed by atoms with Gasteiger partial charge < -0.3 is 31.1 Å². The van der Waals surface area contributed by atoms with Crippen molar-refractivity contribution in [1.82, 2.24) is 4.90 Å². The number of amides is 1. The van der Waals surface area contributed by atoms with E-state index in [-0.39, 0.29) is 30.0 Å². The number of nitrogens with two attached hydrogens (primary N) is 1. The van der Waals surface area contributed by atoms with E-state index in [0.29, 0.717) is 24.2 Å². The van der Waals surface area contributed by atoms with Crippen molar-refractivity contribution < 1.29 is 39.7 Å². The van der Waals surface area contributed by atoms with E-state index in [4.69, 9.17) is 5.73 Å². The molecule has 0 aliphatic heterocycles. The Hall–Kier alpha value is -3.97. The Bertz CT molecular complexity index is 1400. The van der Waals surface area contributed by atoms with Crippen molar-refractivity contribution in [2.24, 2.45) is 17.6 Å². The number of phenolic OH excluding ortho intramolecular Hbond substituents is 1. The summed E-state index contributed by atoms with van der Waals surface area (Å²) in [6.07, 6.45) is 0.669. The molecule has 1 aromatic rings. The summed E-state index contributed by atoms with van der Waals surface area (Å²) in [5.41, 5.74) is 1.11. The molecule has 1 amide bonds. The number of benzene rings is 1. The Morgan fingerprint density at radius 2 is 1.88 bits per heavy atom. The van der Waals surface area contributed by atoms with Crippen LogP contribution in [0.2, 0.25) is 0 Å². The predicted octanol–water partition coefficient (Wildman–Crippen LogP) is 1.50. The Labute approximate surface area is 230 Å². The van der Waals surface area contributed by atoms with Crippen molar-refractivity contribution in [1.29, 1.82) is 0 Å². The van der Waals surface area contributed by atoms with E-state index in [1.807, 2.05) is 25.7 Å². The number of nitrogens with zero attached hydrogens (tertiary/aromatic N) is 3. The maximum atomic E-state index is 14.0. The minimum absolute atomic E-state index is 0.0440. The topological polar surface area (TPSA) is 208 Å². The maximum absolute atomic E-state index is 14.0. The second kappa shape index (κ2) is 9.89. The fourth-order valence-corrected chi connectivity index (χ4v) is 6.61. The van der Waals surface area contributed by atoms with Crippen LogP contribution in [0.15, 0.2) is 23.0 Å². The summed E-state index contributed by atoms with van der Waals surface area (Å²) in [5.74, 6) is -8.12. The van der Waals surface area contributed by atoms with E-state index < -0.39 is 74.4 Å². The maximum Gasteiger partial charge on any atom is 0.313 e. The molecular formula is C27H34N4O9. The van der Waals surface area contributed by atoms with Crippen LogP contribution < -0.4 is 10.6 Å². The van der Waals surface area contributed by atoms with Crippen molar-refractivity contribution in [2.75, 3.05) is 25.5 Å². The number of fused-ring (bicyclic) bond motifs is 3. The molecular weight excluding hydrogens is 524 g/mol. The second-order valence-electron chi connectivity index (χ2n) is 10.9. The van der Waals surface area contributed by atoms with Gasteiger partial charge in [-0.1, -0.05) is 6.92 Å². The van der Waals surface area contributed by atoms with Gasteiger partial charge in [0, 0.05) is 35.8 Å². The summed E-state index contributed by atoms with van der Waals surface area (Å²) in [4.78, 5) is 53.7. The minimum atomic E-state index is -2.78. The SMILES string of the molecule is CCC(C)N(CC)c1cc([N+](=O)[O-])c(O)c2c1CC1CC3[C@H](N(C)C)C(=O)C(C(N)=O)=C(O)[C@@]3(O)C(=O)C1=C2O. The van der Waals surface area contributed by atoms with Crippen molar-refractivity contribution >= 4 is 34.6 Å². The lowest BCUT2D eigenvalue weighted by atomic mass is 9.57. The number of nitro benzene ring substituents is 1. The average Bonchev–Trinajstić information content (AvgIpc) is 2.86. The molecule has 0 bridgehead atoms. The molecule has 0 aromatic heterocycles. The summed E-state index contributed by atoms with van der Waals surface area (Å²) >= 11 is 0. The van der Waals surface area contributed by atoms with Gasteiger partial charge in [-0.2, -0.15) is 0 Å². The van der Waals surface area contributed by atoms with Gasteiger partial charge in [-0.05, 0) is 58.7 Å². The quantitative estimate of drug-likeness (QED) is 0.184. The van der Waals surface area contributed by atoms with Crippen molar-refractivity contribution in [3.8, 4) is 5.75 Å². The molecule has 3 aliphatic rings. The summed E-state index contributed by atoms with van der Waals surface area (Å²) in [5, 5.41) is 56.9. The van der Waals surface area contributed by atoms with E-state index >= 15 is 0 Å². The molecule has 0 radical (unpaired) electrons. The van der Waals surface area contributed by atoms with Gasteiger partial charge in [0.05, 0.1) is 16.5 Å². The highest BCUT2D eigenvalue weighted by molar-refractivity contribution is 6.24. The molecule has 1 fully saturated rings. The highest BCUT2D eigenvalue weighted by atomic mass is 16.6. The van der Waals surface area contributed by atoms with Crippen LogP contribution in [0.4, 0.5) is 11.4 Å². The number of likely N-dealkylation sites (N-methyl/N-ethyl adjacent to an activating group) is 1. The number of aliphatic hydroxyl groups excluding tert-OH is 2. The number of Topliss-reactive ketones (excluding diaryl/α,β-unsaturated/α-hetero) is 2. The van der Waals surface area contributed by atoms with E-state index in [0.717, 1.165) is 0 Å². The van der Waals surface area contributed by atoms with E-state index in [9.17, 15) is 44.9 Å². The number of hydrogen-bond acceptors (Lipinski definition) is 11. The van der Waals surface area contributed by atoms with E-state index in [1.165, 1.54) is 25.1 Å². The number of aliphatic hydroxyl groups is 3. The lowest BCUT2D eigenvalue weighted by Crippen LogP contribution is -2.65. The van der Waals surface area contributed by atoms with Crippen LogP contribution in [-0.4, -0.2) is 86.0 Å². The molecule has 6 N–H and O–H groups in total. The minimum Gasteiger partial charge on any atom is -0.508 e. The largest absolute Gasteiger partial charge is 0.508 e. The number of carbonyl (C=O) groups is 3. The number of hydrogen-bond donors (Lipinski definition) is 5. The number of carbonyl (C=O) groups excluding carboxylic acids is 3. The van der Waals surface area contributed by atoms with Gasteiger partial charge in [0.2, 0.25) is 11.5 Å². The third-order valence-electron chi connectivity index (χ3n) is 8.65. The van der Waals surface area contributed by atoms with E-state index in [1.54, 1.807) is 0 Å². The molecule has 4 rings (SSSR count). The summed E-state index contributed by atoms with van der Waals surface area (Å²) in [6.45, 7) is 6.21. The number of aromatic hydroxyl groups is 1. The highest BCUT2D eigenvalue weighted by Crippen LogP contribution is 2.55. The zero-order chi connectivity index (χ0) is 30.0. The molecule has 3 unspecified atom stereocenters. The van der Waals surface area contributed by atoms with Crippen LogP contribution >= 0.6 is 0 Å². The molecule has 40 heavy (non-hydrogen) atoms. The van der Waals surface area contributed by atoms with Crippen LogP contribution in [0.5, 0.6) is 5.75 Å². The molecule has 13 heteroatoms. The van der Waals surface area contributed by atoms with Crippen LogP contribution in [0, 0.1) is 22.0 Å². The van der Waals surface area contributed by atoms with Gasteiger partial charge in [0.1, 0.15) is 17.1 Å². The van der Waals surface area contributed by atoms with Crippen LogP contribution in [0.25, 0.3) is 5.76 Å².